The summed E-state index contributed by atoms with van der Waals surface area (Å²) in [6.07, 6.45) is 6.08. The van der Waals surface area contributed by atoms with Gasteiger partial charge in [-0.15, -0.1) is 0 Å². The van der Waals surface area contributed by atoms with Crippen LogP contribution in [0.1, 0.15) is 35.3 Å². The number of nitrogens with two attached hydrogens (primary N) is 1. The van der Waals surface area contributed by atoms with Gasteiger partial charge in [0, 0.05) is 23.2 Å². The monoisotopic (exact) mass is 416 g/mol. The summed E-state index contributed by atoms with van der Waals surface area (Å²) in [7, 11) is 0. The van der Waals surface area contributed by atoms with Crippen molar-refractivity contribution in [2.45, 2.75) is 24.8 Å². The van der Waals surface area contributed by atoms with Gasteiger partial charge in [0.25, 0.3) is 5.91 Å². The maximum absolute atomic E-state index is 14.9. The van der Waals surface area contributed by atoms with Crippen LogP contribution < -0.4 is 11.1 Å². The van der Waals surface area contributed by atoms with E-state index < -0.39 is 11.4 Å². The van der Waals surface area contributed by atoms with Crippen LogP contribution in [0.2, 0.25) is 5.02 Å². The summed E-state index contributed by atoms with van der Waals surface area (Å²) < 4.78 is 14.9. The molecule has 0 spiro atoms. The molecule has 0 bridgehead atoms. The highest BCUT2D eigenvalue weighted by Crippen LogP contribution is 2.47. The van der Waals surface area contributed by atoms with Crippen molar-refractivity contribution in [3.8, 4) is 0 Å². The molecule has 8 heteroatoms. The molecule has 0 saturated carbocycles. The molecule has 0 unspecified atom stereocenters. The minimum Gasteiger partial charge on any atom is -0.378 e. The molecule has 1 aliphatic heterocycles. The molecule has 3 N–H and O–H groups in total. The predicted molar refractivity (Wildman–Crippen MR) is 111 cm³/mol. The largest absolute Gasteiger partial charge is 0.378 e. The number of hydrogen-bond acceptors (Lipinski definition) is 5. The number of thioether (sulfide) groups is 1. The highest BCUT2D eigenvalue weighted by Gasteiger charge is 2.42. The first-order valence-corrected chi connectivity index (χ1v) is 10.2. The molecular weight excluding hydrogens is 399 g/mol. The second kappa shape index (κ2) is 7.56. The van der Waals surface area contributed by atoms with Gasteiger partial charge in [0.15, 0.2) is 5.17 Å². The minimum atomic E-state index is -0.795. The van der Waals surface area contributed by atoms with Crippen LogP contribution in [0.15, 0.2) is 53.2 Å². The van der Waals surface area contributed by atoms with Crippen molar-refractivity contribution in [2.75, 3.05) is 11.1 Å². The van der Waals surface area contributed by atoms with Crippen molar-refractivity contribution in [1.82, 2.24) is 4.98 Å². The number of aromatic nitrogens is 1. The summed E-state index contributed by atoms with van der Waals surface area (Å²) in [6, 6.07) is 7.66. The Hall–Kier alpha value is -2.38. The molecule has 2 heterocycles. The molecule has 1 atom stereocenters. The summed E-state index contributed by atoms with van der Waals surface area (Å²) in [5, 5.41) is 3.68. The number of carbonyl (C=O) groups excluding carboxylic acids is 1. The second-order valence-corrected chi connectivity index (χ2v) is 8.16. The van der Waals surface area contributed by atoms with E-state index in [4.69, 9.17) is 17.3 Å². The van der Waals surface area contributed by atoms with Crippen LogP contribution >= 0.6 is 23.4 Å². The summed E-state index contributed by atoms with van der Waals surface area (Å²) in [6.45, 7) is 0. The average molecular weight is 417 g/mol. The fraction of sp³-hybridized carbons (Fsp3) is 0.250. The first-order valence-electron chi connectivity index (χ1n) is 8.88. The number of benzene rings is 1. The second-order valence-electron chi connectivity index (χ2n) is 6.73. The van der Waals surface area contributed by atoms with Crippen molar-refractivity contribution >= 4 is 40.1 Å². The SMILES string of the molecule is NC1=N[C@@]2(c3cc(NC(=O)c4ccc(Cl)cn4)ccc3F)CCCC=C2CS1. The molecule has 0 radical (unpaired) electrons. The van der Waals surface area contributed by atoms with Gasteiger partial charge in [-0.2, -0.15) is 0 Å². The van der Waals surface area contributed by atoms with E-state index in [0.29, 0.717) is 33.6 Å². The number of aliphatic imine (C=N–C) groups is 1. The van der Waals surface area contributed by atoms with Gasteiger partial charge in [-0.25, -0.2) is 14.4 Å². The lowest BCUT2D eigenvalue weighted by molar-refractivity contribution is 0.102. The van der Waals surface area contributed by atoms with Gasteiger partial charge in [0.05, 0.1) is 5.02 Å². The van der Waals surface area contributed by atoms with E-state index in [0.717, 1.165) is 18.4 Å². The van der Waals surface area contributed by atoms with E-state index in [2.05, 4.69) is 21.4 Å². The number of hydrogen-bond donors (Lipinski definition) is 2. The Bertz CT molecular complexity index is 992. The lowest BCUT2D eigenvalue weighted by atomic mass is 9.75. The molecule has 28 heavy (non-hydrogen) atoms. The van der Waals surface area contributed by atoms with Crippen molar-refractivity contribution in [3.05, 3.63) is 70.3 Å². The van der Waals surface area contributed by atoms with E-state index in [9.17, 15) is 9.18 Å². The van der Waals surface area contributed by atoms with Crippen LogP contribution in [0.3, 0.4) is 0 Å². The van der Waals surface area contributed by atoms with Crippen LogP contribution in [0, 0.1) is 5.82 Å². The van der Waals surface area contributed by atoms with Gasteiger partial charge < -0.3 is 11.1 Å². The standard InChI is InChI=1S/C20H18ClFN4OS/c21-13-4-7-17(24-10-13)18(27)25-14-5-6-16(22)15(9-14)20-8-2-1-3-12(20)11-28-19(23)26-20/h3-7,9-10H,1-2,8,11H2,(H2,23,26)(H,25,27)/t20-/m0/s1. The van der Waals surface area contributed by atoms with Crippen LogP contribution in [0.25, 0.3) is 0 Å². The van der Waals surface area contributed by atoms with Gasteiger partial charge in [0.1, 0.15) is 17.1 Å². The number of fused-ring (bicyclic) bond motifs is 1. The molecule has 0 saturated heterocycles. The van der Waals surface area contributed by atoms with E-state index >= 15 is 0 Å². The molecule has 2 aliphatic rings. The quantitative estimate of drug-likeness (QED) is 0.722. The molecule has 1 aliphatic carbocycles. The Morgan fingerprint density at radius 2 is 2.18 bits per heavy atom. The van der Waals surface area contributed by atoms with Crippen molar-refractivity contribution in [1.29, 1.82) is 0 Å². The Morgan fingerprint density at radius 1 is 1.32 bits per heavy atom. The van der Waals surface area contributed by atoms with Crippen LogP contribution in [-0.2, 0) is 5.54 Å². The third kappa shape index (κ3) is 3.52. The highest BCUT2D eigenvalue weighted by molar-refractivity contribution is 8.14. The first kappa shape index (κ1) is 19.0. The van der Waals surface area contributed by atoms with Gasteiger partial charge in [-0.1, -0.05) is 29.4 Å². The van der Waals surface area contributed by atoms with Crippen molar-refractivity contribution in [3.63, 3.8) is 0 Å². The molecular formula is C20H18ClFN4OS. The summed E-state index contributed by atoms with van der Waals surface area (Å²) >= 11 is 7.28. The third-order valence-corrected chi connectivity index (χ3v) is 6.04. The van der Waals surface area contributed by atoms with E-state index in [-0.39, 0.29) is 11.5 Å². The average Bonchev–Trinajstić information content (AvgIpc) is 2.69. The molecule has 1 aromatic carbocycles. The molecule has 144 valence electrons. The maximum Gasteiger partial charge on any atom is 0.274 e. The minimum absolute atomic E-state index is 0.225. The smallest absolute Gasteiger partial charge is 0.274 e. The Kier molecular flexibility index (Phi) is 5.12. The summed E-state index contributed by atoms with van der Waals surface area (Å²) in [5.74, 6) is -0.0627. The van der Waals surface area contributed by atoms with E-state index in [1.165, 1.54) is 36.2 Å². The topological polar surface area (TPSA) is 80.4 Å². The van der Waals surface area contributed by atoms with Crippen LogP contribution in [-0.4, -0.2) is 21.8 Å². The normalized spacial score (nSPS) is 21.4. The Labute approximate surface area is 171 Å². The van der Waals surface area contributed by atoms with Gasteiger partial charge in [-0.3, -0.25) is 4.79 Å². The maximum atomic E-state index is 14.9. The number of carbonyl (C=O) groups is 1. The molecule has 1 aromatic heterocycles. The summed E-state index contributed by atoms with van der Waals surface area (Å²) in [4.78, 5) is 21.1. The van der Waals surface area contributed by atoms with Crippen LogP contribution in [0.4, 0.5) is 10.1 Å². The third-order valence-electron chi connectivity index (χ3n) is 4.97. The zero-order valence-corrected chi connectivity index (χ0v) is 16.5. The highest BCUT2D eigenvalue weighted by atomic mass is 35.5. The van der Waals surface area contributed by atoms with Gasteiger partial charge in [-0.05, 0) is 55.2 Å². The molecule has 4 rings (SSSR count). The van der Waals surface area contributed by atoms with E-state index in [1.54, 1.807) is 12.1 Å². The molecule has 1 amide bonds. The summed E-state index contributed by atoms with van der Waals surface area (Å²) in [5.41, 5.74) is 7.41. The predicted octanol–water partition coefficient (Wildman–Crippen LogP) is 4.49. The lowest BCUT2D eigenvalue weighted by Gasteiger charge is -2.39. The fourth-order valence-corrected chi connectivity index (χ4v) is 4.63. The number of pyridine rings is 1. The zero-order chi connectivity index (χ0) is 19.7. The van der Waals surface area contributed by atoms with Crippen molar-refractivity contribution < 1.29 is 9.18 Å². The van der Waals surface area contributed by atoms with E-state index in [1.807, 2.05) is 0 Å². The van der Waals surface area contributed by atoms with Gasteiger partial charge in [0.2, 0.25) is 0 Å². The number of nitrogens with zero attached hydrogens (tertiary/aromatic N) is 2. The van der Waals surface area contributed by atoms with Gasteiger partial charge >= 0.3 is 0 Å². The number of halogens is 2. The number of nitrogens with one attached hydrogen (secondary N) is 1. The Morgan fingerprint density at radius 3 is 2.96 bits per heavy atom. The number of allylic oxidation sites excluding steroid dienone is 1. The molecule has 2 aromatic rings. The van der Waals surface area contributed by atoms with Crippen molar-refractivity contribution in [2.24, 2.45) is 10.7 Å². The van der Waals surface area contributed by atoms with Crippen LogP contribution in [0.5, 0.6) is 0 Å². The number of anilines is 1. The number of rotatable bonds is 3. The molecule has 0 fully saturated rings. The zero-order valence-electron chi connectivity index (χ0n) is 14.9. The number of amidine groups is 1. The first-order chi connectivity index (χ1) is 13.5. The molecule has 5 nitrogen and oxygen atoms in total. The Balaban J connectivity index is 1.70. The number of amides is 1. The fourth-order valence-electron chi connectivity index (χ4n) is 3.63. The lowest BCUT2D eigenvalue weighted by Crippen LogP contribution is -2.36.